The normalized spacial score (nSPS) is 13.6. The first kappa shape index (κ1) is 16.6. The second kappa shape index (κ2) is 7.22. The third-order valence-electron chi connectivity index (χ3n) is 5.11. The van der Waals surface area contributed by atoms with Crippen LogP contribution < -0.4 is 10.6 Å². The number of rotatable bonds is 3. The summed E-state index contributed by atoms with van der Waals surface area (Å²) in [5.41, 5.74) is 6.94. The van der Waals surface area contributed by atoms with Crippen molar-refractivity contribution in [2.75, 3.05) is 5.32 Å². The maximum absolute atomic E-state index is 4.21. The number of H-pyrrole nitrogens is 1. The van der Waals surface area contributed by atoms with Gasteiger partial charge >= 0.3 is 0 Å². The van der Waals surface area contributed by atoms with E-state index < -0.39 is 0 Å². The molecule has 4 heteroatoms. The fourth-order valence-electron chi connectivity index (χ4n) is 3.66. The number of nitrogens with one attached hydrogen (secondary N) is 3. The van der Waals surface area contributed by atoms with Crippen LogP contribution in [0.4, 0.5) is 5.69 Å². The number of hydrogen-bond acceptors (Lipinski definition) is 3. The molecule has 0 amide bonds. The molecule has 0 unspecified atom stereocenters. The number of anilines is 1. The van der Waals surface area contributed by atoms with Crippen molar-refractivity contribution in [3.63, 3.8) is 0 Å². The smallest absolute Gasteiger partial charge is 0.115 e. The van der Waals surface area contributed by atoms with Crippen molar-refractivity contribution in [1.29, 1.82) is 0 Å². The Morgan fingerprint density at radius 2 is 1.82 bits per heavy atom. The van der Waals surface area contributed by atoms with E-state index in [9.17, 15) is 0 Å². The minimum atomic E-state index is -0.145. The van der Waals surface area contributed by atoms with E-state index in [-0.39, 0.29) is 6.04 Å². The van der Waals surface area contributed by atoms with Crippen molar-refractivity contribution in [3.05, 3.63) is 95.2 Å². The Balaban J connectivity index is 1.55. The Bertz CT molecular complexity index is 1180. The molecular weight excluding hydrogens is 344 g/mol. The SMILES string of the molecule is C(#C[C@H](Nc1ccc2c(c1)CNC2)c1cccc2[nH]ncc12)c1ccccc1. The molecule has 3 aromatic carbocycles. The lowest BCUT2D eigenvalue weighted by molar-refractivity contribution is 0.765. The zero-order valence-electron chi connectivity index (χ0n) is 15.4. The first-order valence-electron chi connectivity index (χ1n) is 9.44. The highest BCUT2D eigenvalue weighted by Crippen LogP contribution is 2.28. The van der Waals surface area contributed by atoms with Crippen LogP contribution in [0, 0.1) is 11.8 Å². The molecule has 0 saturated carbocycles. The van der Waals surface area contributed by atoms with Crippen LogP contribution in [0.2, 0.25) is 0 Å². The summed E-state index contributed by atoms with van der Waals surface area (Å²) in [4.78, 5) is 0. The van der Waals surface area contributed by atoms with Gasteiger partial charge < -0.3 is 10.6 Å². The van der Waals surface area contributed by atoms with Crippen molar-refractivity contribution in [2.45, 2.75) is 19.1 Å². The van der Waals surface area contributed by atoms with Gasteiger partial charge in [0.05, 0.1) is 11.7 Å². The summed E-state index contributed by atoms with van der Waals surface area (Å²) in [6, 6.07) is 22.7. The van der Waals surface area contributed by atoms with Gasteiger partial charge in [-0.05, 0) is 47.0 Å². The fourth-order valence-corrected chi connectivity index (χ4v) is 3.66. The van der Waals surface area contributed by atoms with Crippen LogP contribution in [0.3, 0.4) is 0 Å². The lowest BCUT2D eigenvalue weighted by Crippen LogP contribution is -2.09. The van der Waals surface area contributed by atoms with Crippen LogP contribution in [0.25, 0.3) is 10.9 Å². The number of benzene rings is 3. The zero-order valence-corrected chi connectivity index (χ0v) is 15.4. The first-order chi connectivity index (χ1) is 13.9. The van der Waals surface area contributed by atoms with E-state index in [1.165, 1.54) is 11.1 Å². The molecule has 1 aliphatic heterocycles. The highest BCUT2D eigenvalue weighted by Gasteiger charge is 2.15. The summed E-state index contributed by atoms with van der Waals surface area (Å²) in [6.45, 7) is 1.86. The van der Waals surface area contributed by atoms with Crippen LogP contribution in [0.1, 0.15) is 28.3 Å². The van der Waals surface area contributed by atoms with Crippen LogP contribution in [-0.4, -0.2) is 10.2 Å². The molecule has 1 aliphatic rings. The molecule has 0 aliphatic carbocycles. The minimum absolute atomic E-state index is 0.145. The lowest BCUT2D eigenvalue weighted by atomic mass is 10.0. The highest BCUT2D eigenvalue weighted by atomic mass is 15.1. The second-order valence-corrected chi connectivity index (χ2v) is 6.98. The summed E-state index contributed by atoms with van der Waals surface area (Å²) < 4.78 is 0. The zero-order chi connectivity index (χ0) is 18.8. The van der Waals surface area contributed by atoms with E-state index in [0.717, 1.165) is 40.8 Å². The maximum atomic E-state index is 4.21. The molecular formula is C24H20N4. The third-order valence-corrected chi connectivity index (χ3v) is 5.11. The quantitative estimate of drug-likeness (QED) is 0.473. The van der Waals surface area contributed by atoms with Gasteiger partial charge in [-0.15, -0.1) is 0 Å². The van der Waals surface area contributed by atoms with Crippen LogP contribution in [0.15, 0.2) is 72.9 Å². The number of nitrogens with zero attached hydrogens (tertiary/aromatic N) is 1. The van der Waals surface area contributed by atoms with Crippen molar-refractivity contribution in [2.24, 2.45) is 0 Å². The predicted molar refractivity (Wildman–Crippen MR) is 113 cm³/mol. The van der Waals surface area contributed by atoms with Gasteiger partial charge in [0.2, 0.25) is 0 Å². The Hall–Kier alpha value is -3.55. The third kappa shape index (κ3) is 3.24. The average Bonchev–Trinajstić information content (AvgIpc) is 3.40. The number of fused-ring (bicyclic) bond motifs is 2. The molecule has 0 fully saturated rings. The van der Waals surface area contributed by atoms with Gasteiger partial charge in [0, 0.05) is 29.7 Å². The molecule has 0 bridgehead atoms. The van der Waals surface area contributed by atoms with Gasteiger partial charge in [-0.1, -0.05) is 48.2 Å². The molecule has 2 heterocycles. The molecule has 3 N–H and O–H groups in total. The molecule has 0 saturated heterocycles. The largest absolute Gasteiger partial charge is 0.368 e. The summed E-state index contributed by atoms with van der Waals surface area (Å²) in [5.74, 6) is 6.75. The Morgan fingerprint density at radius 3 is 2.75 bits per heavy atom. The Labute approximate surface area is 164 Å². The van der Waals surface area contributed by atoms with E-state index in [4.69, 9.17) is 0 Å². The summed E-state index contributed by atoms with van der Waals surface area (Å²) in [5, 5.41) is 15.4. The molecule has 0 radical (unpaired) electrons. The minimum Gasteiger partial charge on any atom is -0.368 e. The Kier molecular flexibility index (Phi) is 4.29. The summed E-state index contributed by atoms with van der Waals surface area (Å²) in [7, 11) is 0. The van der Waals surface area contributed by atoms with Crippen molar-refractivity contribution in [3.8, 4) is 11.8 Å². The number of hydrogen-bond donors (Lipinski definition) is 3. The molecule has 1 atom stereocenters. The number of aromatic nitrogens is 2. The van der Waals surface area contributed by atoms with E-state index >= 15 is 0 Å². The van der Waals surface area contributed by atoms with Crippen molar-refractivity contribution >= 4 is 16.6 Å². The average molecular weight is 364 g/mol. The standard InChI is InChI=1S/C24H20N4/c1-2-5-17(6-3-1)9-12-23(21-7-4-8-24-22(21)16-26-28-24)27-20-11-10-18-14-25-15-19(18)13-20/h1-8,10-11,13,16,23,25,27H,14-15H2,(H,26,28)/t23-/m0/s1. The maximum Gasteiger partial charge on any atom is 0.115 e. The molecule has 5 rings (SSSR count). The molecule has 1 aromatic heterocycles. The highest BCUT2D eigenvalue weighted by molar-refractivity contribution is 5.83. The molecule has 4 aromatic rings. The molecule has 0 spiro atoms. The molecule has 136 valence electrons. The van der Waals surface area contributed by atoms with Crippen molar-refractivity contribution < 1.29 is 0 Å². The number of aromatic amines is 1. The van der Waals surface area contributed by atoms with Gasteiger partial charge in [0.15, 0.2) is 0 Å². The Morgan fingerprint density at radius 1 is 0.929 bits per heavy atom. The summed E-state index contributed by atoms with van der Waals surface area (Å²) in [6.07, 6.45) is 1.87. The molecule has 4 nitrogen and oxygen atoms in total. The van der Waals surface area contributed by atoms with Crippen molar-refractivity contribution in [1.82, 2.24) is 15.5 Å². The van der Waals surface area contributed by atoms with E-state index in [0.29, 0.717) is 0 Å². The summed E-state index contributed by atoms with van der Waals surface area (Å²) >= 11 is 0. The lowest BCUT2D eigenvalue weighted by Gasteiger charge is -2.17. The fraction of sp³-hybridized carbons (Fsp3) is 0.125. The molecule has 28 heavy (non-hydrogen) atoms. The monoisotopic (exact) mass is 364 g/mol. The predicted octanol–water partition coefficient (Wildman–Crippen LogP) is 4.37. The van der Waals surface area contributed by atoms with Crippen LogP contribution >= 0.6 is 0 Å². The van der Waals surface area contributed by atoms with Gasteiger partial charge in [-0.2, -0.15) is 5.10 Å². The van der Waals surface area contributed by atoms with E-state index in [1.54, 1.807) is 0 Å². The van der Waals surface area contributed by atoms with Gasteiger partial charge in [0.25, 0.3) is 0 Å². The van der Waals surface area contributed by atoms with E-state index in [2.05, 4.69) is 56.9 Å². The van der Waals surface area contributed by atoms with Gasteiger partial charge in [0.1, 0.15) is 6.04 Å². The van der Waals surface area contributed by atoms with E-state index in [1.807, 2.05) is 48.7 Å². The first-order valence-corrected chi connectivity index (χ1v) is 9.44. The van der Waals surface area contributed by atoms with Gasteiger partial charge in [-0.25, -0.2) is 0 Å². The van der Waals surface area contributed by atoms with Gasteiger partial charge in [-0.3, -0.25) is 5.10 Å². The van der Waals surface area contributed by atoms with Crippen LogP contribution in [0.5, 0.6) is 0 Å². The second-order valence-electron chi connectivity index (χ2n) is 6.98. The topological polar surface area (TPSA) is 52.7 Å². The van der Waals surface area contributed by atoms with Crippen LogP contribution in [-0.2, 0) is 13.1 Å².